The molecule has 0 unspecified atom stereocenters. The van der Waals surface area contributed by atoms with E-state index in [9.17, 15) is 9.59 Å². The van der Waals surface area contributed by atoms with Gasteiger partial charge in [0.15, 0.2) is 5.75 Å². The van der Waals surface area contributed by atoms with Crippen LogP contribution in [0.5, 0.6) is 11.5 Å². The van der Waals surface area contributed by atoms with Crippen LogP contribution in [0.1, 0.15) is 26.7 Å². The summed E-state index contributed by atoms with van der Waals surface area (Å²) in [6, 6.07) is 8.76. The fourth-order valence-corrected chi connectivity index (χ4v) is 4.61. The lowest BCUT2D eigenvalue weighted by molar-refractivity contribution is 0.193. The summed E-state index contributed by atoms with van der Waals surface area (Å²) in [4.78, 5) is 27.0. The SMILES string of the molecule is CCN(CC)CCOc1cccc(-c2cc(OC(=O)NC3CCNCC3)c(NC(N)=O)s2)c1. The molecule has 3 amide bonds. The Hall–Kier alpha value is -2.82. The van der Waals surface area contributed by atoms with Crippen molar-refractivity contribution in [1.29, 1.82) is 0 Å². The Morgan fingerprint density at radius 1 is 1.21 bits per heavy atom. The molecule has 1 fully saturated rings. The third kappa shape index (κ3) is 7.62. The molecule has 3 rings (SSSR count). The van der Waals surface area contributed by atoms with Crippen molar-refractivity contribution in [2.75, 3.05) is 44.6 Å². The topological polar surface area (TPSA) is 118 Å². The zero-order valence-corrected chi connectivity index (χ0v) is 20.0. The number of piperidine rings is 1. The Morgan fingerprint density at radius 2 is 1.97 bits per heavy atom. The smallest absolute Gasteiger partial charge is 0.412 e. The molecular formula is C23H33N5O4S. The molecule has 2 aromatic rings. The number of benzene rings is 1. The maximum atomic E-state index is 12.4. The van der Waals surface area contributed by atoms with Gasteiger partial charge in [0.2, 0.25) is 0 Å². The van der Waals surface area contributed by atoms with E-state index in [1.807, 2.05) is 24.3 Å². The molecule has 0 radical (unpaired) electrons. The van der Waals surface area contributed by atoms with Crippen molar-refractivity contribution in [2.45, 2.75) is 32.7 Å². The highest BCUT2D eigenvalue weighted by atomic mass is 32.1. The van der Waals surface area contributed by atoms with Gasteiger partial charge in [0.05, 0.1) is 0 Å². The minimum atomic E-state index is -0.722. The Labute approximate surface area is 198 Å². The van der Waals surface area contributed by atoms with Crippen LogP contribution in [0, 0.1) is 0 Å². The molecule has 1 aliphatic rings. The highest BCUT2D eigenvalue weighted by Gasteiger charge is 2.20. The summed E-state index contributed by atoms with van der Waals surface area (Å²) in [7, 11) is 0. The van der Waals surface area contributed by atoms with E-state index in [4.69, 9.17) is 15.2 Å². The van der Waals surface area contributed by atoms with Gasteiger partial charge < -0.3 is 30.7 Å². The second-order valence-electron chi connectivity index (χ2n) is 7.75. The molecule has 0 aliphatic carbocycles. The average Bonchev–Trinajstić information content (AvgIpc) is 3.19. The largest absolute Gasteiger partial charge is 0.492 e. The maximum Gasteiger partial charge on any atom is 0.412 e. The predicted octanol–water partition coefficient (Wildman–Crippen LogP) is 3.47. The van der Waals surface area contributed by atoms with E-state index >= 15 is 0 Å². The van der Waals surface area contributed by atoms with Gasteiger partial charge in [-0.15, -0.1) is 11.3 Å². The lowest BCUT2D eigenvalue weighted by atomic mass is 10.1. The number of hydrogen-bond acceptors (Lipinski definition) is 7. The van der Waals surface area contributed by atoms with Crippen LogP contribution < -0.4 is 31.2 Å². The third-order valence-corrected chi connectivity index (χ3v) is 6.57. The number of nitrogens with zero attached hydrogens (tertiary/aromatic N) is 1. The number of primary amides is 1. The van der Waals surface area contributed by atoms with Gasteiger partial charge in [0.25, 0.3) is 0 Å². The van der Waals surface area contributed by atoms with Crippen LogP contribution in [0.4, 0.5) is 14.6 Å². The molecule has 9 nitrogen and oxygen atoms in total. The van der Waals surface area contributed by atoms with Gasteiger partial charge in [-0.2, -0.15) is 0 Å². The van der Waals surface area contributed by atoms with Crippen molar-refractivity contribution in [3.05, 3.63) is 30.3 Å². The molecule has 2 heterocycles. The van der Waals surface area contributed by atoms with Gasteiger partial charge in [-0.3, -0.25) is 5.32 Å². The third-order valence-electron chi connectivity index (χ3n) is 5.49. The molecule has 0 bridgehead atoms. The Kier molecular flexibility index (Phi) is 9.35. The number of carbonyl (C=O) groups is 2. The number of carbonyl (C=O) groups excluding carboxylic acids is 2. The lowest BCUT2D eigenvalue weighted by Gasteiger charge is -2.23. The Bertz CT molecular complexity index is 925. The summed E-state index contributed by atoms with van der Waals surface area (Å²) < 4.78 is 11.5. The highest BCUT2D eigenvalue weighted by Crippen LogP contribution is 2.41. The van der Waals surface area contributed by atoms with E-state index in [0.717, 1.165) is 61.8 Å². The second-order valence-corrected chi connectivity index (χ2v) is 8.81. The van der Waals surface area contributed by atoms with Crippen molar-refractivity contribution >= 4 is 28.5 Å². The second kappa shape index (κ2) is 12.4. The van der Waals surface area contributed by atoms with Crippen LogP contribution in [0.25, 0.3) is 10.4 Å². The number of rotatable bonds is 10. The lowest BCUT2D eigenvalue weighted by Crippen LogP contribution is -2.43. The first-order chi connectivity index (χ1) is 16.0. The van der Waals surface area contributed by atoms with E-state index in [2.05, 4.69) is 34.7 Å². The predicted molar refractivity (Wildman–Crippen MR) is 131 cm³/mol. The Morgan fingerprint density at radius 3 is 2.67 bits per heavy atom. The quantitative estimate of drug-likeness (QED) is 0.418. The molecule has 10 heteroatoms. The summed E-state index contributed by atoms with van der Waals surface area (Å²) in [5.41, 5.74) is 6.21. The van der Waals surface area contributed by atoms with Crippen LogP contribution in [0.3, 0.4) is 0 Å². The van der Waals surface area contributed by atoms with Crippen molar-refractivity contribution < 1.29 is 19.1 Å². The number of nitrogens with one attached hydrogen (secondary N) is 3. The molecular weight excluding hydrogens is 442 g/mol. The average molecular weight is 476 g/mol. The normalized spacial score (nSPS) is 14.2. The van der Waals surface area contributed by atoms with Gasteiger partial charge in [-0.25, -0.2) is 9.59 Å². The van der Waals surface area contributed by atoms with Crippen molar-refractivity contribution in [1.82, 2.24) is 15.5 Å². The summed E-state index contributed by atoms with van der Waals surface area (Å²) in [5.74, 6) is 1.01. The molecule has 1 aromatic carbocycles. The van der Waals surface area contributed by atoms with E-state index in [1.54, 1.807) is 6.07 Å². The highest BCUT2D eigenvalue weighted by molar-refractivity contribution is 7.20. The van der Waals surface area contributed by atoms with Gasteiger partial charge >= 0.3 is 12.1 Å². The van der Waals surface area contributed by atoms with E-state index < -0.39 is 12.1 Å². The van der Waals surface area contributed by atoms with Crippen molar-refractivity contribution in [2.24, 2.45) is 5.73 Å². The van der Waals surface area contributed by atoms with Crippen molar-refractivity contribution in [3.8, 4) is 21.9 Å². The molecule has 33 heavy (non-hydrogen) atoms. The van der Waals surface area contributed by atoms with Gasteiger partial charge in [-0.05, 0) is 56.7 Å². The van der Waals surface area contributed by atoms with Gasteiger partial charge in [-0.1, -0.05) is 26.0 Å². The number of thiophene rings is 1. The minimum Gasteiger partial charge on any atom is -0.492 e. The zero-order valence-electron chi connectivity index (χ0n) is 19.2. The standard InChI is InChI=1S/C23H33N5O4S/c1-3-28(4-2)12-13-31-18-7-5-6-16(14-18)20-15-19(21(33-20)27-22(24)29)32-23(30)26-17-8-10-25-11-9-17/h5-7,14-15,17,25H,3-4,8-13H2,1-2H3,(H,26,30)(H3,24,27,29). The first-order valence-corrected chi connectivity index (χ1v) is 12.1. The minimum absolute atomic E-state index is 0.0644. The van der Waals surface area contributed by atoms with Crippen LogP contribution >= 0.6 is 11.3 Å². The molecule has 1 aliphatic heterocycles. The molecule has 0 atom stereocenters. The van der Waals surface area contributed by atoms with Gasteiger partial charge in [0, 0.05) is 23.5 Å². The van der Waals surface area contributed by atoms with Crippen molar-refractivity contribution in [3.63, 3.8) is 0 Å². The summed E-state index contributed by atoms with van der Waals surface area (Å²) in [6.07, 6.45) is 1.14. The molecule has 180 valence electrons. The number of urea groups is 1. The zero-order chi connectivity index (χ0) is 23.6. The molecule has 0 spiro atoms. The molecule has 0 saturated carbocycles. The fourth-order valence-electron chi connectivity index (χ4n) is 3.63. The number of hydrogen-bond donors (Lipinski definition) is 4. The van der Waals surface area contributed by atoms with E-state index in [-0.39, 0.29) is 11.8 Å². The van der Waals surface area contributed by atoms with Crippen LogP contribution in [-0.2, 0) is 0 Å². The van der Waals surface area contributed by atoms with Gasteiger partial charge in [0.1, 0.15) is 17.4 Å². The molecule has 1 aromatic heterocycles. The number of likely N-dealkylation sites (N-methyl/N-ethyl adjacent to an activating group) is 1. The number of ether oxygens (including phenoxy) is 2. The first kappa shape index (κ1) is 24.8. The molecule has 5 N–H and O–H groups in total. The Balaban J connectivity index is 1.70. The number of anilines is 1. The summed E-state index contributed by atoms with van der Waals surface area (Å²) in [6.45, 7) is 9.39. The van der Waals surface area contributed by atoms with E-state index in [1.165, 1.54) is 11.3 Å². The monoisotopic (exact) mass is 475 g/mol. The summed E-state index contributed by atoms with van der Waals surface area (Å²) >= 11 is 1.28. The summed E-state index contributed by atoms with van der Waals surface area (Å²) in [5, 5.41) is 9.07. The van der Waals surface area contributed by atoms with Crippen LogP contribution in [-0.4, -0.2) is 62.4 Å². The van der Waals surface area contributed by atoms with E-state index in [0.29, 0.717) is 11.6 Å². The van der Waals surface area contributed by atoms with Crippen LogP contribution in [0.15, 0.2) is 30.3 Å². The molecule has 1 saturated heterocycles. The number of nitrogens with two attached hydrogens (primary N) is 1. The number of amides is 3. The first-order valence-electron chi connectivity index (χ1n) is 11.3. The maximum absolute atomic E-state index is 12.4. The van der Waals surface area contributed by atoms with Crippen LogP contribution in [0.2, 0.25) is 0 Å². The fraction of sp³-hybridized carbons (Fsp3) is 0.478.